The van der Waals surface area contributed by atoms with Crippen LogP contribution in [0.3, 0.4) is 0 Å². The smallest absolute Gasteiger partial charge is 0.446 e. The first-order valence-electron chi connectivity index (χ1n) is 11.7. The normalized spacial score (nSPS) is 14.8. The van der Waals surface area contributed by atoms with Crippen molar-refractivity contribution in [3.63, 3.8) is 0 Å². The third-order valence-electron chi connectivity index (χ3n) is 6.47. The first-order chi connectivity index (χ1) is 17.0. The van der Waals surface area contributed by atoms with E-state index in [-0.39, 0.29) is 31.3 Å². The monoisotopic (exact) mass is 504 g/mol. The van der Waals surface area contributed by atoms with Crippen molar-refractivity contribution < 1.29 is 22.4 Å². The molecule has 3 heterocycles. The van der Waals surface area contributed by atoms with Gasteiger partial charge in [-0.15, -0.1) is 0 Å². The molecule has 4 rings (SSSR count). The number of halogens is 3. The van der Waals surface area contributed by atoms with E-state index in [0.717, 1.165) is 39.9 Å². The second-order valence-corrected chi connectivity index (χ2v) is 8.95. The predicted molar refractivity (Wildman–Crippen MR) is 127 cm³/mol. The number of nitrogens with zero attached hydrogens (tertiary/aromatic N) is 2. The summed E-state index contributed by atoms with van der Waals surface area (Å²) in [7, 11) is 0. The first-order valence-corrected chi connectivity index (χ1v) is 11.7. The number of amides is 1. The highest BCUT2D eigenvalue weighted by molar-refractivity contribution is 5.91. The lowest BCUT2D eigenvalue weighted by Crippen LogP contribution is -2.42. The number of benzene rings is 1. The highest BCUT2D eigenvalue weighted by Crippen LogP contribution is 2.31. The number of furan rings is 1. The number of aryl methyl sites for hydroxylation is 2. The molecule has 1 aromatic carbocycles. The Bertz CT molecular complexity index is 1330. The van der Waals surface area contributed by atoms with Crippen LogP contribution in [-0.4, -0.2) is 33.4 Å². The Balaban J connectivity index is 1.38. The Morgan fingerprint density at radius 1 is 1.14 bits per heavy atom. The van der Waals surface area contributed by atoms with E-state index in [0.29, 0.717) is 18.7 Å². The number of hydrogen-bond donors (Lipinski definition) is 2. The molecule has 192 valence electrons. The number of likely N-dealkylation sites (tertiary alicyclic amines) is 1. The summed E-state index contributed by atoms with van der Waals surface area (Å²) in [4.78, 5) is 41.9. The van der Waals surface area contributed by atoms with Crippen LogP contribution in [0.1, 0.15) is 47.2 Å². The maximum atomic E-state index is 12.7. The number of rotatable bonds is 6. The second kappa shape index (κ2) is 10.1. The third kappa shape index (κ3) is 5.55. The summed E-state index contributed by atoms with van der Waals surface area (Å²) in [5, 5.41) is 3.07. The van der Waals surface area contributed by atoms with Crippen LogP contribution in [0.5, 0.6) is 0 Å². The number of hydrogen-bond acceptors (Lipinski definition) is 5. The number of carbonyl (C=O) groups excluding carboxylic acids is 1. The molecule has 1 saturated heterocycles. The molecule has 0 radical (unpaired) electrons. The summed E-state index contributed by atoms with van der Waals surface area (Å²) in [5.74, 6) is -1.94. The van der Waals surface area contributed by atoms with E-state index in [9.17, 15) is 27.6 Å². The fourth-order valence-electron chi connectivity index (χ4n) is 4.38. The molecule has 2 aromatic heterocycles. The summed E-state index contributed by atoms with van der Waals surface area (Å²) >= 11 is 0. The number of aromatic amines is 1. The van der Waals surface area contributed by atoms with E-state index in [1.54, 1.807) is 0 Å². The van der Waals surface area contributed by atoms with E-state index in [2.05, 4.69) is 21.6 Å². The average Bonchev–Trinajstić information content (AvgIpc) is 3.34. The molecule has 1 amide bonds. The number of nitrogens with one attached hydrogen (secondary N) is 2. The molecular formula is C25H27F3N4O4. The van der Waals surface area contributed by atoms with Crippen LogP contribution in [0.25, 0.3) is 0 Å². The number of alkyl halides is 3. The van der Waals surface area contributed by atoms with Crippen molar-refractivity contribution in [2.75, 3.05) is 18.4 Å². The van der Waals surface area contributed by atoms with Crippen LogP contribution in [-0.2, 0) is 19.1 Å². The molecule has 0 atom stereocenters. The van der Waals surface area contributed by atoms with Crippen LogP contribution in [0.2, 0.25) is 0 Å². The van der Waals surface area contributed by atoms with Gasteiger partial charge in [0.1, 0.15) is 5.82 Å². The fraction of sp³-hybridized carbons (Fsp3) is 0.400. The minimum absolute atomic E-state index is 0.0433. The Hall–Kier alpha value is -3.76. The minimum atomic E-state index is -4.66. The molecule has 0 bridgehead atoms. The van der Waals surface area contributed by atoms with Crippen molar-refractivity contribution in [2.24, 2.45) is 5.92 Å². The van der Waals surface area contributed by atoms with Gasteiger partial charge in [0.15, 0.2) is 5.76 Å². The zero-order chi connectivity index (χ0) is 26.0. The topological polar surface area (TPSA) is 100 Å². The maximum absolute atomic E-state index is 12.7. The lowest BCUT2D eigenvalue weighted by atomic mass is 9.96. The second-order valence-electron chi connectivity index (χ2n) is 8.95. The highest BCUT2D eigenvalue weighted by Gasteiger charge is 2.36. The van der Waals surface area contributed by atoms with Gasteiger partial charge in [-0.1, -0.05) is 13.0 Å². The van der Waals surface area contributed by atoms with Crippen molar-refractivity contribution in [3.8, 4) is 0 Å². The molecule has 1 fully saturated rings. The molecule has 1 aliphatic rings. The Labute approximate surface area is 204 Å². The quantitative estimate of drug-likeness (QED) is 0.521. The van der Waals surface area contributed by atoms with Gasteiger partial charge < -0.3 is 14.6 Å². The molecule has 0 unspecified atom stereocenters. The van der Waals surface area contributed by atoms with Crippen LogP contribution in [0.4, 0.5) is 24.7 Å². The SMILES string of the molecule is CCc1cc(Nc2cc(=O)n(CC3CCN(C(=O)c4ccc(C(F)(F)F)o4)CC3)c(=O)[nH]2)ccc1C. The highest BCUT2D eigenvalue weighted by atomic mass is 19.4. The van der Waals surface area contributed by atoms with Crippen molar-refractivity contribution in [1.29, 1.82) is 0 Å². The van der Waals surface area contributed by atoms with E-state index >= 15 is 0 Å². The van der Waals surface area contributed by atoms with Gasteiger partial charge in [-0.05, 0) is 67.5 Å². The van der Waals surface area contributed by atoms with Gasteiger partial charge in [0.05, 0.1) is 0 Å². The largest absolute Gasteiger partial charge is 0.449 e. The van der Waals surface area contributed by atoms with Gasteiger partial charge in [-0.2, -0.15) is 13.2 Å². The Morgan fingerprint density at radius 3 is 2.47 bits per heavy atom. The molecular weight excluding hydrogens is 477 g/mol. The summed E-state index contributed by atoms with van der Waals surface area (Å²) < 4.78 is 44.0. The lowest BCUT2D eigenvalue weighted by molar-refractivity contribution is -0.153. The molecule has 8 nitrogen and oxygen atoms in total. The summed E-state index contributed by atoms with van der Waals surface area (Å²) in [6.07, 6.45) is -2.81. The zero-order valence-electron chi connectivity index (χ0n) is 19.9. The van der Waals surface area contributed by atoms with Crippen LogP contribution >= 0.6 is 0 Å². The van der Waals surface area contributed by atoms with Crippen molar-refractivity contribution in [3.05, 3.63) is 79.9 Å². The van der Waals surface area contributed by atoms with Gasteiger partial charge >= 0.3 is 11.9 Å². The zero-order valence-corrected chi connectivity index (χ0v) is 19.9. The van der Waals surface area contributed by atoms with Gasteiger partial charge in [-0.3, -0.25) is 19.1 Å². The molecule has 1 aliphatic heterocycles. The van der Waals surface area contributed by atoms with Crippen molar-refractivity contribution in [1.82, 2.24) is 14.5 Å². The molecule has 0 saturated carbocycles. The Morgan fingerprint density at radius 2 is 1.86 bits per heavy atom. The van der Waals surface area contributed by atoms with Crippen LogP contribution in [0, 0.1) is 12.8 Å². The predicted octanol–water partition coefficient (Wildman–Crippen LogP) is 4.32. The van der Waals surface area contributed by atoms with E-state index in [1.807, 2.05) is 25.1 Å². The summed E-state index contributed by atoms with van der Waals surface area (Å²) in [5.41, 5.74) is 2.10. The van der Waals surface area contributed by atoms with Crippen molar-refractivity contribution in [2.45, 2.75) is 45.8 Å². The number of carbonyl (C=O) groups is 1. The molecule has 11 heteroatoms. The summed E-state index contributed by atoms with van der Waals surface area (Å²) in [6.45, 7) is 4.82. The van der Waals surface area contributed by atoms with Crippen LogP contribution < -0.4 is 16.6 Å². The molecule has 36 heavy (non-hydrogen) atoms. The standard InChI is InChI=1S/C25H27F3N4O4/c1-3-17-12-18(5-4-15(17)2)29-21-13-22(33)32(24(35)30-21)14-16-8-10-31(11-9-16)23(34)19-6-7-20(36-19)25(26,27)28/h4-7,12-13,16,29H,3,8-11,14H2,1-2H3,(H,30,35). The van der Waals surface area contributed by atoms with Crippen molar-refractivity contribution >= 4 is 17.4 Å². The number of aromatic nitrogens is 2. The third-order valence-corrected chi connectivity index (χ3v) is 6.47. The molecule has 0 aliphatic carbocycles. The lowest BCUT2D eigenvalue weighted by Gasteiger charge is -2.31. The number of H-pyrrole nitrogens is 1. The number of anilines is 2. The van der Waals surface area contributed by atoms with Crippen LogP contribution in [0.15, 0.2) is 50.4 Å². The molecule has 3 aromatic rings. The van der Waals surface area contributed by atoms with E-state index in [1.165, 1.54) is 11.0 Å². The van der Waals surface area contributed by atoms with Gasteiger partial charge in [0.25, 0.3) is 11.5 Å². The minimum Gasteiger partial charge on any atom is -0.446 e. The molecule has 0 spiro atoms. The van der Waals surface area contributed by atoms with E-state index < -0.39 is 29.1 Å². The summed E-state index contributed by atoms with van der Waals surface area (Å²) in [6, 6.07) is 8.91. The van der Waals surface area contributed by atoms with Gasteiger partial charge in [0, 0.05) is 31.4 Å². The Kier molecular flexibility index (Phi) is 7.09. The fourth-order valence-corrected chi connectivity index (χ4v) is 4.38. The van der Waals surface area contributed by atoms with E-state index in [4.69, 9.17) is 0 Å². The maximum Gasteiger partial charge on any atom is 0.449 e. The number of piperidine rings is 1. The molecule has 2 N–H and O–H groups in total. The van der Waals surface area contributed by atoms with Gasteiger partial charge in [-0.25, -0.2) is 4.79 Å². The van der Waals surface area contributed by atoms with Gasteiger partial charge in [0.2, 0.25) is 5.76 Å². The average molecular weight is 505 g/mol. The first kappa shape index (κ1) is 25.3.